The average molecular weight is 371 g/mol. The number of piperidine rings is 2. The number of phenols is 1. The van der Waals surface area contributed by atoms with E-state index in [0.717, 1.165) is 57.3 Å². The van der Waals surface area contributed by atoms with Crippen LogP contribution in [0, 0.1) is 5.41 Å². The zero-order valence-corrected chi connectivity index (χ0v) is 15.8. The second-order valence-electron chi connectivity index (χ2n) is 8.56. The first kappa shape index (κ1) is 18.3. The molecule has 1 spiro atoms. The van der Waals surface area contributed by atoms with Crippen LogP contribution in [0.15, 0.2) is 24.3 Å². The highest BCUT2D eigenvalue weighted by Gasteiger charge is 2.45. The Hall–Kier alpha value is -2.08. The second kappa shape index (κ2) is 7.15. The maximum atomic E-state index is 12.8. The van der Waals surface area contributed by atoms with E-state index >= 15 is 0 Å². The van der Waals surface area contributed by atoms with Crippen LogP contribution in [0.4, 0.5) is 0 Å². The van der Waals surface area contributed by atoms with Gasteiger partial charge in [-0.3, -0.25) is 9.59 Å². The smallest absolute Gasteiger partial charge is 0.239 e. The van der Waals surface area contributed by atoms with Gasteiger partial charge in [0.2, 0.25) is 11.8 Å². The summed E-state index contributed by atoms with van der Waals surface area (Å²) in [5.41, 5.74) is 7.31. The van der Waals surface area contributed by atoms with E-state index in [1.54, 1.807) is 24.3 Å². The first-order valence-corrected chi connectivity index (χ1v) is 10.1. The summed E-state index contributed by atoms with van der Waals surface area (Å²) in [5.74, 6) is 0.535. The molecule has 1 aromatic carbocycles. The fraction of sp³-hybridized carbons (Fsp3) is 0.619. The number of hydrogen-bond donors (Lipinski definition) is 2. The van der Waals surface area contributed by atoms with Gasteiger partial charge < -0.3 is 20.6 Å². The minimum absolute atomic E-state index is 0.00357. The van der Waals surface area contributed by atoms with Crippen molar-refractivity contribution in [2.24, 2.45) is 11.1 Å². The number of aromatic hydroxyl groups is 1. The van der Waals surface area contributed by atoms with Crippen LogP contribution in [0.1, 0.15) is 44.1 Å². The summed E-state index contributed by atoms with van der Waals surface area (Å²) in [6.07, 6.45) is 6.31. The van der Waals surface area contributed by atoms with Crippen molar-refractivity contribution in [3.63, 3.8) is 0 Å². The maximum absolute atomic E-state index is 12.8. The molecule has 0 bridgehead atoms. The van der Waals surface area contributed by atoms with Crippen molar-refractivity contribution >= 4 is 11.8 Å². The third-order valence-electron chi connectivity index (χ3n) is 6.53. The van der Waals surface area contributed by atoms with Gasteiger partial charge in [0.1, 0.15) is 5.75 Å². The van der Waals surface area contributed by atoms with Gasteiger partial charge in [-0.05, 0) is 61.6 Å². The van der Waals surface area contributed by atoms with Crippen LogP contribution in [-0.2, 0) is 16.0 Å². The summed E-state index contributed by atoms with van der Waals surface area (Å²) in [5, 5.41) is 9.37. The van der Waals surface area contributed by atoms with Gasteiger partial charge in [0.25, 0.3) is 0 Å². The van der Waals surface area contributed by atoms with Gasteiger partial charge in [-0.25, -0.2) is 0 Å². The van der Waals surface area contributed by atoms with Gasteiger partial charge in [-0.2, -0.15) is 0 Å². The Labute approximate surface area is 160 Å². The number of benzene rings is 1. The van der Waals surface area contributed by atoms with E-state index in [0.29, 0.717) is 24.8 Å². The number of nitrogens with two attached hydrogens (primary N) is 1. The van der Waals surface area contributed by atoms with Crippen LogP contribution in [0.3, 0.4) is 0 Å². The molecule has 2 aliphatic heterocycles. The number of nitrogens with zero attached hydrogens (tertiary/aromatic N) is 2. The highest BCUT2D eigenvalue weighted by molar-refractivity contribution is 5.82. The van der Waals surface area contributed by atoms with Gasteiger partial charge in [-0.15, -0.1) is 0 Å². The largest absolute Gasteiger partial charge is 0.508 e. The van der Waals surface area contributed by atoms with Crippen LogP contribution < -0.4 is 5.73 Å². The Morgan fingerprint density at radius 2 is 1.85 bits per heavy atom. The van der Waals surface area contributed by atoms with E-state index in [2.05, 4.69) is 4.90 Å². The molecule has 1 atom stereocenters. The highest BCUT2D eigenvalue weighted by Crippen LogP contribution is 2.43. The van der Waals surface area contributed by atoms with E-state index in [4.69, 9.17) is 5.73 Å². The monoisotopic (exact) mass is 371 g/mol. The Kier molecular flexibility index (Phi) is 4.84. The zero-order chi connectivity index (χ0) is 19.0. The normalized spacial score (nSPS) is 23.5. The van der Waals surface area contributed by atoms with Crippen LogP contribution in [-0.4, -0.2) is 58.4 Å². The minimum Gasteiger partial charge on any atom is -0.508 e. The number of likely N-dealkylation sites (tertiary alicyclic amines) is 2. The SMILES string of the molecule is N[C@@H](Cc1ccc(O)cc1)C(=O)N1CCC2(CCC(=O)N(C3CC3)C2)CC1. The molecule has 0 unspecified atom stereocenters. The standard InChI is InChI=1S/C21H29N3O3/c22-18(13-15-1-5-17(25)6-2-15)20(27)23-11-9-21(10-12-23)8-7-19(26)24(14-21)16-3-4-16/h1-2,5-6,16,18,25H,3-4,7-14,22H2/t18-/m0/s1. The topological polar surface area (TPSA) is 86.9 Å². The molecule has 1 aliphatic carbocycles. The number of amides is 2. The van der Waals surface area contributed by atoms with Crippen LogP contribution in [0.25, 0.3) is 0 Å². The first-order chi connectivity index (χ1) is 13.0. The second-order valence-corrected chi connectivity index (χ2v) is 8.56. The highest BCUT2D eigenvalue weighted by atomic mass is 16.3. The van der Waals surface area contributed by atoms with Crippen molar-refractivity contribution in [3.05, 3.63) is 29.8 Å². The predicted molar refractivity (Wildman–Crippen MR) is 102 cm³/mol. The number of rotatable bonds is 4. The summed E-state index contributed by atoms with van der Waals surface area (Å²) in [6, 6.07) is 6.77. The molecular formula is C21H29N3O3. The third kappa shape index (κ3) is 3.95. The van der Waals surface area contributed by atoms with Crippen molar-refractivity contribution in [3.8, 4) is 5.75 Å². The molecule has 2 saturated heterocycles. The van der Waals surface area contributed by atoms with Gasteiger partial charge in [0.15, 0.2) is 0 Å². The third-order valence-corrected chi connectivity index (χ3v) is 6.53. The molecule has 0 radical (unpaired) electrons. The minimum atomic E-state index is -0.556. The number of hydrogen-bond acceptors (Lipinski definition) is 4. The molecule has 2 amide bonds. The van der Waals surface area contributed by atoms with Crippen LogP contribution in [0.2, 0.25) is 0 Å². The molecule has 3 N–H and O–H groups in total. The first-order valence-electron chi connectivity index (χ1n) is 10.1. The molecule has 2 heterocycles. The molecule has 146 valence electrons. The van der Waals surface area contributed by atoms with Crippen LogP contribution in [0.5, 0.6) is 5.75 Å². The lowest BCUT2D eigenvalue weighted by molar-refractivity contribution is -0.143. The number of carbonyl (C=O) groups is 2. The van der Waals surface area contributed by atoms with E-state index in [-0.39, 0.29) is 17.1 Å². The summed E-state index contributed by atoms with van der Waals surface area (Å²) in [7, 11) is 0. The van der Waals surface area contributed by atoms with Crippen molar-refractivity contribution in [1.29, 1.82) is 0 Å². The molecule has 6 nitrogen and oxygen atoms in total. The van der Waals surface area contributed by atoms with E-state index in [9.17, 15) is 14.7 Å². The lowest BCUT2D eigenvalue weighted by atomic mass is 9.72. The molecule has 3 fully saturated rings. The van der Waals surface area contributed by atoms with E-state index < -0.39 is 6.04 Å². The predicted octanol–water partition coefficient (Wildman–Crippen LogP) is 1.66. The van der Waals surface area contributed by atoms with Gasteiger partial charge in [0, 0.05) is 32.1 Å². The Bertz CT molecular complexity index is 706. The lowest BCUT2D eigenvalue weighted by Gasteiger charge is -2.48. The molecule has 0 aromatic heterocycles. The molecule has 1 saturated carbocycles. The Balaban J connectivity index is 1.32. The van der Waals surface area contributed by atoms with E-state index in [1.165, 1.54) is 0 Å². The van der Waals surface area contributed by atoms with Crippen molar-refractivity contribution in [2.45, 2.75) is 57.0 Å². The fourth-order valence-corrected chi connectivity index (χ4v) is 4.58. The molecule has 1 aromatic rings. The molecule has 27 heavy (non-hydrogen) atoms. The fourth-order valence-electron chi connectivity index (χ4n) is 4.58. The van der Waals surface area contributed by atoms with Crippen molar-refractivity contribution < 1.29 is 14.7 Å². The summed E-state index contributed by atoms with van der Waals surface area (Å²) < 4.78 is 0. The maximum Gasteiger partial charge on any atom is 0.239 e. The van der Waals surface area contributed by atoms with Gasteiger partial charge in [0.05, 0.1) is 6.04 Å². The van der Waals surface area contributed by atoms with Crippen molar-refractivity contribution in [2.75, 3.05) is 19.6 Å². The van der Waals surface area contributed by atoms with Crippen LogP contribution >= 0.6 is 0 Å². The molecule has 3 aliphatic rings. The molecular weight excluding hydrogens is 342 g/mol. The van der Waals surface area contributed by atoms with Gasteiger partial charge in [-0.1, -0.05) is 12.1 Å². The zero-order valence-electron chi connectivity index (χ0n) is 15.8. The summed E-state index contributed by atoms with van der Waals surface area (Å²) >= 11 is 0. The molecule has 4 rings (SSSR count). The quantitative estimate of drug-likeness (QED) is 0.843. The lowest BCUT2D eigenvalue weighted by Crippen LogP contribution is -2.55. The summed E-state index contributed by atoms with van der Waals surface area (Å²) in [4.78, 5) is 29.0. The van der Waals surface area contributed by atoms with Crippen molar-refractivity contribution in [1.82, 2.24) is 9.80 Å². The number of carbonyl (C=O) groups excluding carboxylic acids is 2. The van der Waals surface area contributed by atoms with E-state index in [1.807, 2.05) is 4.90 Å². The Morgan fingerprint density at radius 3 is 2.48 bits per heavy atom. The van der Waals surface area contributed by atoms with Gasteiger partial charge >= 0.3 is 0 Å². The molecule has 6 heteroatoms. The Morgan fingerprint density at radius 1 is 1.19 bits per heavy atom. The summed E-state index contributed by atoms with van der Waals surface area (Å²) in [6.45, 7) is 2.34. The number of phenolic OH excluding ortho intramolecular Hbond substituents is 1. The average Bonchev–Trinajstić information content (AvgIpc) is 3.51.